The number of nitrogens with one attached hydrogen (secondary N) is 1. The van der Waals surface area contributed by atoms with Gasteiger partial charge in [0.2, 0.25) is 0 Å². The van der Waals surface area contributed by atoms with Crippen LogP contribution in [0.3, 0.4) is 0 Å². The Morgan fingerprint density at radius 3 is 1.17 bits per heavy atom. The fourth-order valence-electron chi connectivity index (χ4n) is 3.03. The van der Waals surface area contributed by atoms with Crippen LogP contribution in [0.25, 0.3) is 0 Å². The van der Waals surface area contributed by atoms with Gasteiger partial charge in [0.05, 0.1) is 0 Å². The summed E-state index contributed by atoms with van der Waals surface area (Å²) in [6.45, 7) is 5.17. The molecule has 0 aromatic carbocycles. The maximum atomic E-state index is 5.44. The summed E-state index contributed by atoms with van der Waals surface area (Å²) < 4.78 is 0. The zero-order chi connectivity index (χ0) is 16.1. The molecule has 3 N–H and O–H groups in total. The molecule has 0 saturated carbocycles. The quantitative estimate of drug-likeness (QED) is 0.245. The molecule has 150 valence electrons. The molecule has 0 aliphatic carbocycles. The molecule has 0 amide bonds. The van der Waals surface area contributed by atoms with E-state index in [1.807, 2.05) is 0 Å². The van der Waals surface area contributed by atoms with Gasteiger partial charge in [0.15, 0.2) is 0 Å². The third kappa shape index (κ3) is 27.4. The first-order chi connectivity index (χ1) is 10.9. The van der Waals surface area contributed by atoms with Crippen LogP contribution in [0.4, 0.5) is 0 Å². The Hall–Kier alpha value is 0.500. The van der Waals surface area contributed by atoms with Crippen molar-refractivity contribution >= 4 is 24.8 Å². The van der Waals surface area contributed by atoms with Crippen LogP contribution in [0.15, 0.2) is 0 Å². The first-order valence-corrected chi connectivity index (χ1v) is 10.3. The summed E-state index contributed by atoms with van der Waals surface area (Å²) >= 11 is 0. The number of halogens is 2. The highest BCUT2D eigenvalue weighted by Gasteiger charge is 1.94. The van der Waals surface area contributed by atoms with Crippen LogP contribution < -0.4 is 11.1 Å². The molecule has 0 bridgehead atoms. The van der Waals surface area contributed by atoms with E-state index in [1.54, 1.807) is 0 Å². The molecule has 0 radical (unpaired) electrons. The molecule has 0 aliphatic rings. The Morgan fingerprint density at radius 2 is 0.833 bits per heavy atom. The summed E-state index contributed by atoms with van der Waals surface area (Å²) in [6.07, 6.45) is 23.0. The molecule has 4 heteroatoms. The van der Waals surface area contributed by atoms with E-state index in [4.69, 9.17) is 5.73 Å². The molecule has 0 aliphatic heterocycles. The third-order valence-electron chi connectivity index (χ3n) is 4.53. The number of hydrogen-bond donors (Lipinski definition) is 2. The second-order valence-corrected chi connectivity index (χ2v) is 6.84. The van der Waals surface area contributed by atoms with Crippen LogP contribution in [0.1, 0.15) is 110 Å². The average Bonchev–Trinajstić information content (AvgIpc) is 2.54. The fraction of sp³-hybridized carbons (Fsp3) is 1.00. The Kier molecular flexibility index (Phi) is 34.5. The lowest BCUT2D eigenvalue weighted by Crippen LogP contribution is -2.23. The highest BCUT2D eigenvalue weighted by atomic mass is 35.5. The summed E-state index contributed by atoms with van der Waals surface area (Å²) in [5.74, 6) is 0. The zero-order valence-electron chi connectivity index (χ0n) is 16.3. The number of unbranched alkanes of at least 4 members (excludes halogenated alkanes) is 15. The van der Waals surface area contributed by atoms with E-state index in [-0.39, 0.29) is 24.8 Å². The van der Waals surface area contributed by atoms with E-state index in [0.29, 0.717) is 0 Å². The van der Waals surface area contributed by atoms with E-state index in [9.17, 15) is 0 Å². The fourth-order valence-corrected chi connectivity index (χ4v) is 3.03. The van der Waals surface area contributed by atoms with Gasteiger partial charge in [-0.3, -0.25) is 0 Å². The van der Waals surface area contributed by atoms with Gasteiger partial charge >= 0.3 is 0 Å². The van der Waals surface area contributed by atoms with E-state index < -0.39 is 0 Å². The number of rotatable bonds is 19. The van der Waals surface area contributed by atoms with Gasteiger partial charge < -0.3 is 11.1 Å². The van der Waals surface area contributed by atoms with E-state index >= 15 is 0 Å². The normalized spacial score (nSPS) is 10.2. The molecule has 0 aromatic heterocycles. The van der Waals surface area contributed by atoms with Crippen molar-refractivity contribution in [1.29, 1.82) is 0 Å². The van der Waals surface area contributed by atoms with Gasteiger partial charge in [-0.25, -0.2) is 0 Å². The van der Waals surface area contributed by atoms with E-state index in [1.165, 1.54) is 103 Å². The lowest BCUT2D eigenvalue weighted by molar-refractivity contribution is 0.526. The summed E-state index contributed by atoms with van der Waals surface area (Å²) in [5.41, 5.74) is 5.44. The highest BCUT2D eigenvalue weighted by molar-refractivity contribution is 5.85. The maximum Gasteiger partial charge on any atom is 0.00745 e. The van der Waals surface area contributed by atoms with Crippen molar-refractivity contribution in [2.75, 3.05) is 19.6 Å². The summed E-state index contributed by atoms with van der Waals surface area (Å²) in [7, 11) is 0. The largest absolute Gasteiger partial charge is 0.329 e. The van der Waals surface area contributed by atoms with Gasteiger partial charge in [-0.2, -0.15) is 0 Å². The SMILES string of the molecule is CCCCCCCCCCCCCCCCCCNCCN.Cl.Cl. The van der Waals surface area contributed by atoms with Crippen LogP contribution in [-0.2, 0) is 0 Å². The van der Waals surface area contributed by atoms with Gasteiger partial charge in [-0.05, 0) is 13.0 Å². The van der Waals surface area contributed by atoms with E-state index in [2.05, 4.69) is 12.2 Å². The molecule has 0 saturated heterocycles. The summed E-state index contributed by atoms with van der Waals surface area (Å²) in [4.78, 5) is 0. The number of hydrogen-bond acceptors (Lipinski definition) is 2. The van der Waals surface area contributed by atoms with Crippen molar-refractivity contribution in [2.45, 2.75) is 110 Å². The van der Waals surface area contributed by atoms with Crippen LogP contribution in [0.5, 0.6) is 0 Å². The lowest BCUT2D eigenvalue weighted by atomic mass is 10.0. The Morgan fingerprint density at radius 1 is 0.500 bits per heavy atom. The minimum absolute atomic E-state index is 0. The molecule has 2 nitrogen and oxygen atoms in total. The first kappa shape index (κ1) is 29.3. The summed E-state index contributed by atoms with van der Waals surface area (Å²) in [6, 6.07) is 0. The molecule has 0 rings (SSSR count). The standard InChI is InChI=1S/C20H44N2.2ClH/c1-2-3-4-5-6-7-8-9-10-11-12-13-14-15-16-17-19-22-20-18-21;;/h22H,2-21H2,1H3;2*1H. The Bertz CT molecular complexity index is 172. The molecule has 0 unspecified atom stereocenters. The molecule has 0 spiro atoms. The van der Waals surface area contributed by atoms with Crippen molar-refractivity contribution in [3.8, 4) is 0 Å². The van der Waals surface area contributed by atoms with Crippen LogP contribution >= 0.6 is 24.8 Å². The molecule has 0 atom stereocenters. The molecule has 0 heterocycles. The van der Waals surface area contributed by atoms with Gasteiger partial charge in [0.25, 0.3) is 0 Å². The minimum atomic E-state index is 0. The van der Waals surface area contributed by atoms with Gasteiger partial charge in [-0.1, -0.05) is 103 Å². The Labute approximate surface area is 165 Å². The van der Waals surface area contributed by atoms with Gasteiger partial charge in [0, 0.05) is 13.1 Å². The second-order valence-electron chi connectivity index (χ2n) is 6.84. The molecular weight excluding hydrogens is 339 g/mol. The lowest BCUT2D eigenvalue weighted by Gasteiger charge is -2.04. The van der Waals surface area contributed by atoms with Crippen molar-refractivity contribution < 1.29 is 0 Å². The molecule has 0 fully saturated rings. The molecule has 0 aromatic rings. The zero-order valence-corrected chi connectivity index (χ0v) is 18.0. The number of nitrogens with two attached hydrogens (primary N) is 1. The average molecular weight is 386 g/mol. The topological polar surface area (TPSA) is 38.0 Å². The monoisotopic (exact) mass is 384 g/mol. The predicted molar refractivity (Wildman–Crippen MR) is 116 cm³/mol. The smallest absolute Gasteiger partial charge is 0.00745 e. The third-order valence-corrected chi connectivity index (χ3v) is 4.53. The van der Waals surface area contributed by atoms with Crippen molar-refractivity contribution in [1.82, 2.24) is 5.32 Å². The first-order valence-electron chi connectivity index (χ1n) is 10.3. The summed E-state index contributed by atoms with van der Waals surface area (Å²) in [5, 5.41) is 3.36. The van der Waals surface area contributed by atoms with Crippen molar-refractivity contribution in [2.24, 2.45) is 5.73 Å². The van der Waals surface area contributed by atoms with Gasteiger partial charge in [-0.15, -0.1) is 24.8 Å². The maximum absolute atomic E-state index is 5.44. The Balaban J connectivity index is -0.00000220. The van der Waals surface area contributed by atoms with Gasteiger partial charge in [0.1, 0.15) is 0 Å². The van der Waals surface area contributed by atoms with Crippen LogP contribution in [0, 0.1) is 0 Å². The van der Waals surface area contributed by atoms with Crippen LogP contribution in [-0.4, -0.2) is 19.6 Å². The van der Waals surface area contributed by atoms with Crippen molar-refractivity contribution in [3.63, 3.8) is 0 Å². The minimum Gasteiger partial charge on any atom is -0.329 e. The van der Waals surface area contributed by atoms with E-state index in [0.717, 1.165) is 19.6 Å². The second kappa shape index (κ2) is 28.3. The highest BCUT2D eigenvalue weighted by Crippen LogP contribution is 2.13. The predicted octanol–water partition coefficient (Wildman–Crippen LogP) is 6.64. The molecular formula is C20H46Cl2N2. The van der Waals surface area contributed by atoms with Crippen molar-refractivity contribution in [3.05, 3.63) is 0 Å². The van der Waals surface area contributed by atoms with Crippen LogP contribution in [0.2, 0.25) is 0 Å². The molecule has 24 heavy (non-hydrogen) atoms.